The minimum Gasteiger partial charge on any atom is -0.478 e. The van der Waals surface area contributed by atoms with E-state index in [1.807, 2.05) is 0 Å². The zero-order valence-electron chi connectivity index (χ0n) is 9.21. The average molecular weight is 256 g/mol. The van der Waals surface area contributed by atoms with E-state index in [4.69, 9.17) is 5.11 Å². The van der Waals surface area contributed by atoms with E-state index in [1.165, 1.54) is 19.2 Å². The Kier molecular flexibility index (Phi) is 4.84. The van der Waals surface area contributed by atoms with Crippen LogP contribution in [0.4, 0.5) is 0 Å². The average Bonchev–Trinajstić information content (AvgIpc) is 2.29. The lowest BCUT2D eigenvalue weighted by Gasteiger charge is -2.02. The first-order valence-electron chi connectivity index (χ1n) is 4.77. The summed E-state index contributed by atoms with van der Waals surface area (Å²) in [5.74, 6) is -1.48. The van der Waals surface area contributed by atoms with Crippen molar-refractivity contribution < 1.29 is 23.6 Å². The highest BCUT2D eigenvalue weighted by Gasteiger charge is 2.09. The smallest absolute Gasteiger partial charge is 0.335 e. The standard InChI is InChI=1S/C11H12O5S/c1-16-10(12)7-17(15)6-8-2-4-9(5-3-8)11(13)14/h2-5H,6-7H2,1H3,(H,13,14). The number of carbonyl (C=O) groups is 2. The summed E-state index contributed by atoms with van der Waals surface area (Å²) in [6, 6.07) is 6.04. The summed E-state index contributed by atoms with van der Waals surface area (Å²) >= 11 is 0. The molecule has 1 N–H and O–H groups in total. The number of methoxy groups -OCH3 is 1. The third-order valence-electron chi connectivity index (χ3n) is 2.04. The fourth-order valence-corrected chi connectivity index (χ4v) is 2.22. The van der Waals surface area contributed by atoms with Crippen LogP contribution in [0.25, 0.3) is 0 Å². The molecule has 1 unspecified atom stereocenters. The number of hydrogen-bond acceptors (Lipinski definition) is 4. The predicted molar refractivity (Wildman–Crippen MR) is 62.1 cm³/mol. The number of hydrogen-bond donors (Lipinski definition) is 1. The lowest BCUT2D eigenvalue weighted by molar-refractivity contribution is -0.137. The van der Waals surface area contributed by atoms with E-state index in [9.17, 15) is 13.8 Å². The van der Waals surface area contributed by atoms with Crippen molar-refractivity contribution in [2.45, 2.75) is 5.75 Å². The van der Waals surface area contributed by atoms with Gasteiger partial charge in [0.15, 0.2) is 0 Å². The summed E-state index contributed by atoms with van der Waals surface area (Å²) in [5.41, 5.74) is 0.893. The van der Waals surface area contributed by atoms with E-state index in [-0.39, 0.29) is 17.1 Å². The SMILES string of the molecule is COC(=O)CS(=O)Cc1ccc(C(=O)O)cc1. The van der Waals surface area contributed by atoms with Gasteiger partial charge in [0.2, 0.25) is 0 Å². The van der Waals surface area contributed by atoms with E-state index in [1.54, 1.807) is 12.1 Å². The van der Waals surface area contributed by atoms with Crippen LogP contribution in [0.15, 0.2) is 24.3 Å². The maximum absolute atomic E-state index is 11.5. The first kappa shape index (κ1) is 13.4. The van der Waals surface area contributed by atoms with Gasteiger partial charge in [-0.25, -0.2) is 4.79 Å². The fraction of sp³-hybridized carbons (Fsp3) is 0.273. The van der Waals surface area contributed by atoms with E-state index in [2.05, 4.69) is 4.74 Å². The number of carboxylic acids is 1. The molecule has 0 aliphatic rings. The lowest BCUT2D eigenvalue weighted by atomic mass is 10.1. The monoisotopic (exact) mass is 256 g/mol. The first-order valence-corrected chi connectivity index (χ1v) is 6.25. The van der Waals surface area contributed by atoms with Gasteiger partial charge in [-0.1, -0.05) is 12.1 Å². The zero-order valence-corrected chi connectivity index (χ0v) is 10.0. The van der Waals surface area contributed by atoms with E-state index >= 15 is 0 Å². The molecule has 1 aromatic rings. The van der Waals surface area contributed by atoms with Crippen LogP contribution in [0.3, 0.4) is 0 Å². The van der Waals surface area contributed by atoms with Gasteiger partial charge in [0.1, 0.15) is 5.75 Å². The number of carbonyl (C=O) groups excluding carboxylic acids is 1. The fourth-order valence-electron chi connectivity index (χ4n) is 1.17. The van der Waals surface area contributed by atoms with Crippen molar-refractivity contribution in [3.05, 3.63) is 35.4 Å². The van der Waals surface area contributed by atoms with Gasteiger partial charge in [-0.05, 0) is 17.7 Å². The molecule has 0 saturated heterocycles. The van der Waals surface area contributed by atoms with Crippen LogP contribution < -0.4 is 0 Å². The summed E-state index contributed by atoms with van der Waals surface area (Å²) in [5, 5.41) is 8.69. The third-order valence-corrected chi connectivity index (χ3v) is 3.25. The van der Waals surface area contributed by atoms with Gasteiger partial charge in [0.05, 0.1) is 12.7 Å². The number of rotatable bonds is 5. The van der Waals surface area contributed by atoms with E-state index < -0.39 is 22.7 Å². The molecule has 6 heteroatoms. The minimum atomic E-state index is -1.34. The largest absolute Gasteiger partial charge is 0.478 e. The molecule has 0 aliphatic heterocycles. The number of esters is 1. The predicted octanol–water partition coefficient (Wildman–Crippen LogP) is 0.806. The van der Waals surface area contributed by atoms with Crippen LogP contribution in [-0.4, -0.2) is 34.1 Å². The maximum atomic E-state index is 11.5. The normalized spacial score (nSPS) is 11.8. The van der Waals surface area contributed by atoms with E-state index in [0.717, 1.165) is 5.56 Å². The second-order valence-electron chi connectivity index (χ2n) is 3.31. The van der Waals surface area contributed by atoms with Crippen LogP contribution in [-0.2, 0) is 26.1 Å². The van der Waals surface area contributed by atoms with Gasteiger partial charge in [-0.15, -0.1) is 0 Å². The summed E-state index contributed by atoms with van der Waals surface area (Å²) in [6.07, 6.45) is 0. The molecule has 17 heavy (non-hydrogen) atoms. The van der Waals surface area contributed by atoms with Gasteiger partial charge in [0, 0.05) is 16.6 Å². The molecule has 0 aromatic heterocycles. The Bertz CT molecular complexity index is 438. The van der Waals surface area contributed by atoms with Crippen LogP contribution in [0.2, 0.25) is 0 Å². The molecular weight excluding hydrogens is 244 g/mol. The molecule has 0 bridgehead atoms. The molecule has 0 aliphatic carbocycles. The third kappa shape index (κ3) is 4.36. The van der Waals surface area contributed by atoms with Crippen molar-refractivity contribution in [2.75, 3.05) is 12.9 Å². The number of carboxylic acid groups (broad SMARTS) is 1. The second-order valence-corrected chi connectivity index (χ2v) is 4.76. The summed E-state index contributed by atoms with van der Waals surface area (Å²) < 4.78 is 15.9. The number of benzene rings is 1. The molecule has 0 fully saturated rings. The Labute approximate surface area is 101 Å². The van der Waals surface area contributed by atoms with Crippen molar-refractivity contribution in [1.82, 2.24) is 0 Å². The molecule has 0 amide bonds. The van der Waals surface area contributed by atoms with Crippen molar-refractivity contribution >= 4 is 22.7 Å². The van der Waals surface area contributed by atoms with Crippen LogP contribution in [0.5, 0.6) is 0 Å². The quantitative estimate of drug-likeness (QED) is 0.788. The number of aromatic carboxylic acids is 1. The van der Waals surface area contributed by atoms with Gasteiger partial charge in [0.25, 0.3) is 0 Å². The van der Waals surface area contributed by atoms with Crippen LogP contribution >= 0.6 is 0 Å². The van der Waals surface area contributed by atoms with Crippen LogP contribution in [0.1, 0.15) is 15.9 Å². The molecule has 1 atom stereocenters. The highest BCUT2D eigenvalue weighted by molar-refractivity contribution is 7.84. The highest BCUT2D eigenvalue weighted by Crippen LogP contribution is 2.07. The molecule has 5 nitrogen and oxygen atoms in total. The van der Waals surface area contributed by atoms with Crippen molar-refractivity contribution in [3.8, 4) is 0 Å². The molecule has 0 radical (unpaired) electrons. The molecule has 92 valence electrons. The van der Waals surface area contributed by atoms with Gasteiger partial charge >= 0.3 is 11.9 Å². The Morgan fingerprint density at radius 1 is 1.29 bits per heavy atom. The van der Waals surface area contributed by atoms with Crippen molar-refractivity contribution in [3.63, 3.8) is 0 Å². The Balaban J connectivity index is 2.60. The lowest BCUT2D eigenvalue weighted by Crippen LogP contribution is -2.13. The topological polar surface area (TPSA) is 80.7 Å². The van der Waals surface area contributed by atoms with Crippen LogP contribution in [0, 0.1) is 0 Å². The Morgan fingerprint density at radius 3 is 2.35 bits per heavy atom. The summed E-state index contributed by atoms with van der Waals surface area (Å²) in [4.78, 5) is 21.5. The molecule has 0 heterocycles. The summed E-state index contributed by atoms with van der Waals surface area (Å²) in [6.45, 7) is 0. The Hall–Kier alpha value is -1.69. The Morgan fingerprint density at radius 2 is 1.88 bits per heavy atom. The number of ether oxygens (including phenoxy) is 1. The molecule has 1 rings (SSSR count). The maximum Gasteiger partial charge on any atom is 0.335 e. The zero-order chi connectivity index (χ0) is 12.8. The summed E-state index contributed by atoms with van der Waals surface area (Å²) in [7, 11) is -0.103. The second kappa shape index (κ2) is 6.15. The molecule has 0 saturated carbocycles. The van der Waals surface area contributed by atoms with Gasteiger partial charge in [-0.3, -0.25) is 9.00 Å². The van der Waals surface area contributed by atoms with Gasteiger partial charge in [-0.2, -0.15) is 0 Å². The van der Waals surface area contributed by atoms with Crippen molar-refractivity contribution in [1.29, 1.82) is 0 Å². The molecule has 0 spiro atoms. The first-order chi connectivity index (χ1) is 8.02. The van der Waals surface area contributed by atoms with Crippen molar-refractivity contribution in [2.24, 2.45) is 0 Å². The van der Waals surface area contributed by atoms with E-state index in [0.29, 0.717) is 0 Å². The highest BCUT2D eigenvalue weighted by atomic mass is 32.2. The molecular formula is C11H12O5S. The minimum absolute atomic E-state index is 0.156. The molecule has 1 aromatic carbocycles. The van der Waals surface area contributed by atoms with Gasteiger partial charge < -0.3 is 9.84 Å².